The number of aliphatic hydroxyl groups excluding tert-OH is 1. The van der Waals surface area contributed by atoms with Gasteiger partial charge in [0, 0.05) is 6.08 Å². The average Bonchev–Trinajstić information content (AvgIpc) is 3.66. The summed E-state index contributed by atoms with van der Waals surface area (Å²) in [7, 11) is 1.46. The number of carbonyl (C=O) groups is 1. The fraction of sp³-hybridized carbons (Fsp3) is 0.560. The summed E-state index contributed by atoms with van der Waals surface area (Å²) in [5, 5.41) is 20.9. The predicted molar refractivity (Wildman–Crippen MR) is 118 cm³/mol. The van der Waals surface area contributed by atoms with Crippen LogP contribution in [0.25, 0.3) is 6.08 Å². The van der Waals surface area contributed by atoms with Crippen molar-refractivity contribution < 1.29 is 34.0 Å². The zero-order chi connectivity index (χ0) is 23.1. The molecule has 4 rings (SSSR count). The zero-order valence-electron chi connectivity index (χ0n) is 19.0. The summed E-state index contributed by atoms with van der Waals surface area (Å²) >= 11 is 0. The number of carbonyl (C=O) groups excluding carboxylic acids is 1. The first kappa shape index (κ1) is 22.8. The van der Waals surface area contributed by atoms with Gasteiger partial charge in [-0.05, 0) is 63.8 Å². The van der Waals surface area contributed by atoms with E-state index in [-0.39, 0.29) is 23.4 Å². The number of hydrogen-bond acceptors (Lipinski definition) is 7. The molecule has 3 fully saturated rings. The average molecular weight is 445 g/mol. The Morgan fingerprint density at radius 2 is 2.09 bits per heavy atom. The molecule has 0 bridgehead atoms. The van der Waals surface area contributed by atoms with Gasteiger partial charge in [-0.15, -0.1) is 0 Å². The van der Waals surface area contributed by atoms with Gasteiger partial charge in [-0.1, -0.05) is 17.7 Å². The number of ether oxygens (including phenoxy) is 4. The third-order valence-electron chi connectivity index (χ3n) is 6.88. The second kappa shape index (κ2) is 8.54. The van der Waals surface area contributed by atoms with Crippen LogP contribution in [-0.2, 0) is 19.0 Å². The van der Waals surface area contributed by atoms with Crippen molar-refractivity contribution in [3.63, 3.8) is 0 Å². The van der Waals surface area contributed by atoms with E-state index in [1.807, 2.05) is 6.92 Å². The van der Waals surface area contributed by atoms with Crippen LogP contribution in [0.3, 0.4) is 0 Å². The van der Waals surface area contributed by atoms with Gasteiger partial charge in [0.25, 0.3) is 0 Å². The number of phenolic OH excluding ortho intramolecular Hbond substituents is 1. The maximum Gasteiger partial charge on any atom is 0.331 e. The van der Waals surface area contributed by atoms with Gasteiger partial charge in [-0.3, -0.25) is 0 Å². The molecule has 1 aromatic carbocycles. The van der Waals surface area contributed by atoms with Crippen molar-refractivity contribution in [2.45, 2.75) is 69.5 Å². The molecule has 7 heteroatoms. The summed E-state index contributed by atoms with van der Waals surface area (Å²) in [4.78, 5) is 12.5. The molecule has 2 heterocycles. The third kappa shape index (κ3) is 4.42. The van der Waals surface area contributed by atoms with Crippen LogP contribution in [0.5, 0.6) is 11.5 Å². The number of methoxy groups -OCH3 is 1. The Balaban J connectivity index is 1.41. The first-order valence-corrected chi connectivity index (χ1v) is 11.1. The molecule has 3 aliphatic rings. The van der Waals surface area contributed by atoms with Crippen LogP contribution in [0.15, 0.2) is 35.9 Å². The Morgan fingerprint density at radius 1 is 1.34 bits per heavy atom. The molecule has 2 aliphatic heterocycles. The molecular formula is C25H32O7. The van der Waals surface area contributed by atoms with Crippen LogP contribution in [0.4, 0.5) is 0 Å². The minimum atomic E-state index is -0.862. The minimum Gasteiger partial charge on any atom is -0.504 e. The van der Waals surface area contributed by atoms with E-state index < -0.39 is 23.8 Å². The largest absolute Gasteiger partial charge is 0.504 e. The number of phenols is 1. The lowest BCUT2D eigenvalue weighted by Gasteiger charge is -2.40. The van der Waals surface area contributed by atoms with Gasteiger partial charge in [-0.25, -0.2) is 4.79 Å². The lowest BCUT2D eigenvalue weighted by Crippen LogP contribution is -2.54. The Bertz CT molecular complexity index is 928. The van der Waals surface area contributed by atoms with Crippen molar-refractivity contribution >= 4 is 12.0 Å². The van der Waals surface area contributed by atoms with E-state index in [1.165, 1.54) is 24.8 Å². The van der Waals surface area contributed by atoms with Gasteiger partial charge >= 0.3 is 5.97 Å². The van der Waals surface area contributed by atoms with E-state index in [0.717, 1.165) is 12.8 Å². The highest BCUT2D eigenvalue weighted by atomic mass is 16.6. The Hall–Kier alpha value is -2.35. The van der Waals surface area contributed by atoms with Crippen molar-refractivity contribution in [1.82, 2.24) is 0 Å². The first-order valence-electron chi connectivity index (χ1n) is 11.1. The second-order valence-corrected chi connectivity index (χ2v) is 9.41. The van der Waals surface area contributed by atoms with E-state index in [4.69, 9.17) is 18.9 Å². The first-order chi connectivity index (χ1) is 15.2. The lowest BCUT2D eigenvalue weighted by molar-refractivity contribution is -0.162. The van der Waals surface area contributed by atoms with Crippen molar-refractivity contribution in [3.05, 3.63) is 41.5 Å². The molecule has 2 unspecified atom stereocenters. The number of epoxide rings is 2. The standard InChI is InChI=1S/C25H32O7/c1-15(2)5-9-20-24(3,32-20)23-22(28)18(11-12-25(23)14-30-25)31-21(27)10-7-16-6-8-17(26)19(13-16)29-4/h5-8,10,13,18,20,22-23,26,28H,9,11-12,14H2,1-4H3/b10-7+/t18-,20+,22-,23?,24?,25+/m1/s1. The van der Waals surface area contributed by atoms with Gasteiger partial charge in [0.2, 0.25) is 0 Å². The summed E-state index contributed by atoms with van der Waals surface area (Å²) in [6, 6.07) is 4.78. The molecule has 1 spiro atoms. The molecule has 7 nitrogen and oxygen atoms in total. The maximum atomic E-state index is 12.5. The molecule has 2 N–H and O–H groups in total. The van der Waals surface area contributed by atoms with E-state index in [2.05, 4.69) is 19.9 Å². The molecule has 0 amide bonds. The minimum absolute atomic E-state index is 0.0250. The predicted octanol–water partition coefficient (Wildman–Crippen LogP) is 3.38. The maximum absolute atomic E-state index is 12.5. The lowest BCUT2D eigenvalue weighted by atomic mass is 9.68. The molecule has 32 heavy (non-hydrogen) atoms. The molecule has 1 aromatic rings. The number of rotatable bonds is 7. The number of benzene rings is 1. The Labute approximate surface area is 188 Å². The normalized spacial score (nSPS) is 35.5. The number of allylic oxidation sites excluding steroid dienone is 1. The van der Waals surface area contributed by atoms with Crippen LogP contribution in [0, 0.1) is 5.92 Å². The highest BCUT2D eigenvalue weighted by Crippen LogP contribution is 2.59. The van der Waals surface area contributed by atoms with E-state index >= 15 is 0 Å². The van der Waals surface area contributed by atoms with Gasteiger partial charge < -0.3 is 29.2 Å². The van der Waals surface area contributed by atoms with Crippen LogP contribution in [0.2, 0.25) is 0 Å². The molecule has 0 radical (unpaired) electrons. The fourth-order valence-electron chi connectivity index (χ4n) is 4.97. The number of aliphatic hydroxyl groups is 1. The zero-order valence-corrected chi connectivity index (χ0v) is 19.0. The summed E-state index contributed by atoms with van der Waals surface area (Å²) in [6.07, 6.45) is 5.65. The SMILES string of the molecule is COc1cc(/C=C/C(=O)O[C@@H]2CC[C@]3(CO3)C(C3(C)O[C@H]3CC=C(C)C)[C@@H]2O)ccc1O. The summed E-state index contributed by atoms with van der Waals surface area (Å²) in [5.74, 6) is -0.433. The van der Waals surface area contributed by atoms with E-state index in [9.17, 15) is 15.0 Å². The number of esters is 1. The fourth-order valence-corrected chi connectivity index (χ4v) is 4.97. The van der Waals surface area contributed by atoms with Crippen molar-refractivity contribution in [1.29, 1.82) is 0 Å². The van der Waals surface area contributed by atoms with E-state index in [1.54, 1.807) is 18.2 Å². The molecule has 0 aromatic heterocycles. The van der Waals surface area contributed by atoms with Gasteiger partial charge in [-0.2, -0.15) is 0 Å². The molecule has 6 atom stereocenters. The van der Waals surface area contributed by atoms with Crippen LogP contribution >= 0.6 is 0 Å². The Morgan fingerprint density at radius 3 is 2.75 bits per heavy atom. The highest BCUT2D eigenvalue weighted by molar-refractivity contribution is 5.87. The van der Waals surface area contributed by atoms with E-state index in [0.29, 0.717) is 24.3 Å². The monoisotopic (exact) mass is 444 g/mol. The van der Waals surface area contributed by atoms with Crippen LogP contribution in [0.1, 0.15) is 45.6 Å². The van der Waals surface area contributed by atoms with Crippen molar-refractivity contribution in [2.75, 3.05) is 13.7 Å². The summed E-state index contributed by atoms with van der Waals surface area (Å²) in [5.41, 5.74) is 1.04. The van der Waals surface area contributed by atoms with Crippen molar-refractivity contribution in [3.8, 4) is 11.5 Å². The van der Waals surface area contributed by atoms with Gasteiger partial charge in [0.1, 0.15) is 17.3 Å². The molecular weight excluding hydrogens is 412 g/mol. The number of aromatic hydroxyl groups is 1. The highest BCUT2D eigenvalue weighted by Gasteiger charge is 2.71. The van der Waals surface area contributed by atoms with Gasteiger partial charge in [0.15, 0.2) is 11.5 Å². The molecule has 1 saturated carbocycles. The Kier molecular flexibility index (Phi) is 6.09. The summed E-state index contributed by atoms with van der Waals surface area (Å²) < 4.78 is 22.6. The molecule has 1 aliphatic carbocycles. The summed E-state index contributed by atoms with van der Waals surface area (Å²) in [6.45, 7) is 6.73. The second-order valence-electron chi connectivity index (χ2n) is 9.41. The van der Waals surface area contributed by atoms with Gasteiger partial charge in [0.05, 0.1) is 31.8 Å². The van der Waals surface area contributed by atoms with Crippen LogP contribution in [-0.4, -0.2) is 59.4 Å². The topological polar surface area (TPSA) is 101 Å². The van der Waals surface area contributed by atoms with Crippen LogP contribution < -0.4 is 4.74 Å². The third-order valence-corrected chi connectivity index (χ3v) is 6.88. The van der Waals surface area contributed by atoms with Crippen molar-refractivity contribution in [2.24, 2.45) is 5.92 Å². The quantitative estimate of drug-likeness (QED) is 0.288. The molecule has 2 saturated heterocycles. The smallest absolute Gasteiger partial charge is 0.331 e. The molecule has 174 valence electrons. The number of hydrogen-bond donors (Lipinski definition) is 2.